The number of nitrogens with one attached hydrogen (secondary N) is 1. The van der Waals surface area contributed by atoms with Crippen LogP contribution in [0.1, 0.15) is 38.7 Å². The molecule has 116 valence electrons. The molecule has 0 fully saturated rings. The van der Waals surface area contributed by atoms with E-state index in [1.54, 1.807) is 20.8 Å². The lowest BCUT2D eigenvalue weighted by Crippen LogP contribution is -2.44. The normalized spacial score (nSPS) is 13.8. The summed E-state index contributed by atoms with van der Waals surface area (Å²) in [6.07, 6.45) is -0.0704. The van der Waals surface area contributed by atoms with Crippen molar-refractivity contribution in [3.05, 3.63) is 35.4 Å². The molecule has 0 saturated heterocycles. The van der Waals surface area contributed by atoms with Crippen LogP contribution in [0.5, 0.6) is 0 Å². The summed E-state index contributed by atoms with van der Waals surface area (Å²) < 4.78 is 26.4. The molecule has 0 aliphatic heterocycles. The van der Waals surface area contributed by atoms with Gasteiger partial charge in [-0.1, -0.05) is 26.8 Å². The molecule has 1 aromatic carbocycles. The zero-order chi connectivity index (χ0) is 16.2. The van der Waals surface area contributed by atoms with Crippen LogP contribution >= 0.6 is 0 Å². The van der Waals surface area contributed by atoms with Crippen LogP contribution in [0.3, 0.4) is 0 Å². The standard InChI is InChI=1S/C15H19F2NO3/c1-8(2)14(15(20)21)18-13(19)6-9(3)11-5-4-10(16)7-12(11)17/h4-5,7-9,14H,6H2,1-3H3,(H,18,19)(H,20,21). The van der Waals surface area contributed by atoms with Gasteiger partial charge in [-0.3, -0.25) is 4.79 Å². The number of amides is 1. The number of benzene rings is 1. The molecule has 0 bridgehead atoms. The van der Waals surface area contributed by atoms with E-state index in [1.165, 1.54) is 6.07 Å². The SMILES string of the molecule is CC(CC(=O)NC(C(=O)O)C(C)C)c1ccc(F)cc1F. The number of carbonyl (C=O) groups excluding carboxylic acids is 1. The molecule has 2 N–H and O–H groups in total. The van der Waals surface area contributed by atoms with Gasteiger partial charge in [-0.2, -0.15) is 0 Å². The number of carboxylic acid groups (broad SMARTS) is 1. The molecule has 2 unspecified atom stereocenters. The molecule has 0 spiro atoms. The van der Waals surface area contributed by atoms with Crippen molar-refractivity contribution in [1.82, 2.24) is 5.32 Å². The van der Waals surface area contributed by atoms with E-state index in [2.05, 4.69) is 5.32 Å². The van der Waals surface area contributed by atoms with Crippen molar-refractivity contribution < 1.29 is 23.5 Å². The first-order chi connectivity index (χ1) is 9.72. The lowest BCUT2D eigenvalue weighted by atomic mass is 9.96. The molecule has 0 aliphatic carbocycles. The molecule has 6 heteroatoms. The van der Waals surface area contributed by atoms with Crippen LogP contribution in [0.15, 0.2) is 18.2 Å². The highest BCUT2D eigenvalue weighted by Crippen LogP contribution is 2.22. The topological polar surface area (TPSA) is 66.4 Å². The highest BCUT2D eigenvalue weighted by molar-refractivity contribution is 5.84. The highest BCUT2D eigenvalue weighted by Gasteiger charge is 2.24. The Morgan fingerprint density at radius 2 is 1.86 bits per heavy atom. The number of hydrogen-bond acceptors (Lipinski definition) is 2. The van der Waals surface area contributed by atoms with E-state index in [0.29, 0.717) is 0 Å². The van der Waals surface area contributed by atoms with E-state index in [4.69, 9.17) is 5.11 Å². The van der Waals surface area contributed by atoms with Gasteiger partial charge in [0.25, 0.3) is 0 Å². The quantitative estimate of drug-likeness (QED) is 0.848. The van der Waals surface area contributed by atoms with Crippen molar-refractivity contribution in [2.75, 3.05) is 0 Å². The Balaban J connectivity index is 2.71. The van der Waals surface area contributed by atoms with Crippen molar-refractivity contribution in [1.29, 1.82) is 0 Å². The van der Waals surface area contributed by atoms with Gasteiger partial charge in [-0.25, -0.2) is 13.6 Å². The van der Waals surface area contributed by atoms with E-state index in [0.717, 1.165) is 12.1 Å². The summed E-state index contributed by atoms with van der Waals surface area (Å²) in [5.41, 5.74) is 0.225. The fraction of sp³-hybridized carbons (Fsp3) is 0.467. The second-order valence-corrected chi connectivity index (χ2v) is 5.40. The number of carbonyl (C=O) groups is 2. The molecule has 2 atom stereocenters. The molecule has 1 amide bonds. The van der Waals surface area contributed by atoms with Crippen LogP contribution in [0.25, 0.3) is 0 Å². The number of carboxylic acids is 1. The number of rotatable bonds is 6. The van der Waals surface area contributed by atoms with Crippen LogP contribution in [-0.2, 0) is 9.59 Å². The van der Waals surface area contributed by atoms with Gasteiger partial charge in [0.2, 0.25) is 5.91 Å². The van der Waals surface area contributed by atoms with E-state index < -0.39 is 35.5 Å². The van der Waals surface area contributed by atoms with Crippen LogP contribution in [-0.4, -0.2) is 23.0 Å². The minimum atomic E-state index is -1.11. The smallest absolute Gasteiger partial charge is 0.326 e. The predicted molar refractivity (Wildman–Crippen MR) is 73.8 cm³/mol. The molecule has 1 rings (SSSR count). The summed E-state index contributed by atoms with van der Waals surface area (Å²) in [6, 6.07) is 2.20. The summed E-state index contributed by atoms with van der Waals surface area (Å²) >= 11 is 0. The van der Waals surface area contributed by atoms with Gasteiger partial charge in [-0.15, -0.1) is 0 Å². The average Bonchev–Trinajstić information content (AvgIpc) is 2.34. The van der Waals surface area contributed by atoms with Crippen molar-refractivity contribution in [2.45, 2.75) is 39.2 Å². The maximum atomic E-state index is 13.6. The molecular formula is C15H19F2NO3. The molecule has 0 saturated carbocycles. The Morgan fingerprint density at radius 3 is 2.33 bits per heavy atom. The first-order valence-corrected chi connectivity index (χ1v) is 6.69. The highest BCUT2D eigenvalue weighted by atomic mass is 19.1. The molecule has 21 heavy (non-hydrogen) atoms. The molecule has 0 aliphatic rings. The Labute approximate surface area is 122 Å². The van der Waals surface area contributed by atoms with Gasteiger partial charge >= 0.3 is 5.97 Å². The van der Waals surface area contributed by atoms with Crippen molar-refractivity contribution >= 4 is 11.9 Å². The molecule has 0 aromatic heterocycles. The van der Waals surface area contributed by atoms with Crippen LogP contribution in [0, 0.1) is 17.6 Å². The van der Waals surface area contributed by atoms with E-state index in [9.17, 15) is 18.4 Å². The fourth-order valence-corrected chi connectivity index (χ4v) is 2.04. The first-order valence-electron chi connectivity index (χ1n) is 6.69. The largest absolute Gasteiger partial charge is 0.480 e. The summed E-state index contributed by atoms with van der Waals surface area (Å²) in [4.78, 5) is 22.9. The van der Waals surface area contributed by atoms with Gasteiger partial charge < -0.3 is 10.4 Å². The Morgan fingerprint density at radius 1 is 1.24 bits per heavy atom. The zero-order valence-corrected chi connectivity index (χ0v) is 12.2. The van der Waals surface area contributed by atoms with E-state index in [-0.39, 0.29) is 17.9 Å². The van der Waals surface area contributed by atoms with Gasteiger partial charge in [0.1, 0.15) is 17.7 Å². The summed E-state index contributed by atoms with van der Waals surface area (Å²) in [7, 11) is 0. The van der Waals surface area contributed by atoms with Gasteiger partial charge in [0.05, 0.1) is 0 Å². The summed E-state index contributed by atoms with van der Waals surface area (Å²) in [6.45, 7) is 4.99. The van der Waals surface area contributed by atoms with E-state index in [1.807, 2.05) is 0 Å². The van der Waals surface area contributed by atoms with Crippen molar-refractivity contribution in [3.8, 4) is 0 Å². The van der Waals surface area contributed by atoms with Crippen molar-refractivity contribution in [2.24, 2.45) is 5.92 Å². The Kier molecular flexibility index (Phi) is 5.81. The molecule has 4 nitrogen and oxygen atoms in total. The average molecular weight is 299 g/mol. The van der Waals surface area contributed by atoms with Crippen LogP contribution in [0.4, 0.5) is 8.78 Å². The predicted octanol–water partition coefficient (Wildman–Crippen LogP) is 2.68. The molecule has 0 radical (unpaired) electrons. The number of halogens is 2. The zero-order valence-electron chi connectivity index (χ0n) is 12.2. The summed E-state index contributed by atoms with van der Waals surface area (Å²) in [5, 5.41) is 11.4. The molecular weight excluding hydrogens is 280 g/mol. The van der Waals surface area contributed by atoms with E-state index >= 15 is 0 Å². The minimum absolute atomic E-state index is 0.0704. The maximum Gasteiger partial charge on any atom is 0.326 e. The van der Waals surface area contributed by atoms with Crippen LogP contribution < -0.4 is 5.32 Å². The second kappa shape index (κ2) is 7.15. The number of aliphatic carboxylic acids is 1. The molecule has 0 heterocycles. The first kappa shape index (κ1) is 17.1. The van der Waals surface area contributed by atoms with Crippen LogP contribution in [0.2, 0.25) is 0 Å². The minimum Gasteiger partial charge on any atom is -0.480 e. The van der Waals surface area contributed by atoms with Gasteiger partial charge in [0.15, 0.2) is 0 Å². The third-order valence-corrected chi connectivity index (χ3v) is 3.23. The number of hydrogen-bond donors (Lipinski definition) is 2. The lowest BCUT2D eigenvalue weighted by Gasteiger charge is -2.19. The van der Waals surface area contributed by atoms with Gasteiger partial charge in [0, 0.05) is 12.5 Å². The second-order valence-electron chi connectivity index (χ2n) is 5.40. The Hall–Kier alpha value is -1.98. The molecule has 1 aromatic rings. The monoisotopic (exact) mass is 299 g/mol. The lowest BCUT2D eigenvalue weighted by molar-refractivity contribution is -0.143. The van der Waals surface area contributed by atoms with Crippen molar-refractivity contribution in [3.63, 3.8) is 0 Å². The Bertz CT molecular complexity index is 532. The third-order valence-electron chi connectivity index (χ3n) is 3.23. The van der Waals surface area contributed by atoms with Gasteiger partial charge in [-0.05, 0) is 23.5 Å². The third kappa shape index (κ3) is 4.81. The fourth-order valence-electron chi connectivity index (χ4n) is 2.04. The summed E-state index contributed by atoms with van der Waals surface area (Å²) in [5.74, 6) is -3.73. The maximum absolute atomic E-state index is 13.6.